The van der Waals surface area contributed by atoms with E-state index < -0.39 is 0 Å². The average Bonchev–Trinajstić information content (AvgIpc) is 2.67. The highest BCUT2D eigenvalue weighted by atomic mass is 79.9. The fraction of sp³-hybridized carbons (Fsp3) is 0.222. The van der Waals surface area contributed by atoms with Crippen molar-refractivity contribution in [3.05, 3.63) is 46.4 Å². The molecular weight excluding hydrogens is 402 g/mol. The van der Waals surface area contributed by atoms with Gasteiger partial charge < -0.3 is 19.5 Å². The molecule has 0 bridgehead atoms. The Bertz CT molecular complexity index is 779. The number of methoxy groups -OCH3 is 3. The highest BCUT2D eigenvalue weighted by molar-refractivity contribution is 9.10. The highest BCUT2D eigenvalue weighted by Crippen LogP contribution is 2.31. The lowest BCUT2D eigenvalue weighted by molar-refractivity contribution is -0.119. The third-order valence-corrected chi connectivity index (χ3v) is 4.06. The van der Waals surface area contributed by atoms with Gasteiger partial charge >= 0.3 is 0 Å². The van der Waals surface area contributed by atoms with Crippen molar-refractivity contribution in [1.29, 1.82) is 0 Å². The average molecular weight is 422 g/mol. The van der Waals surface area contributed by atoms with E-state index in [-0.39, 0.29) is 12.5 Å². The lowest BCUT2D eigenvalue weighted by Crippen LogP contribution is -2.25. The van der Waals surface area contributed by atoms with Crippen LogP contribution in [0.15, 0.2) is 46.0 Å². The van der Waals surface area contributed by atoms with Crippen LogP contribution in [-0.4, -0.2) is 40.0 Å². The maximum absolute atomic E-state index is 11.9. The molecule has 7 nitrogen and oxygen atoms in total. The molecule has 138 valence electrons. The first kappa shape index (κ1) is 19.6. The summed E-state index contributed by atoms with van der Waals surface area (Å²) in [6, 6.07) is 10.8. The van der Waals surface area contributed by atoms with Gasteiger partial charge in [-0.25, -0.2) is 5.43 Å². The number of amides is 1. The molecule has 8 heteroatoms. The summed E-state index contributed by atoms with van der Waals surface area (Å²) in [7, 11) is 4.73. The Morgan fingerprint density at radius 1 is 1.08 bits per heavy atom. The molecule has 0 aliphatic heterocycles. The third kappa shape index (κ3) is 5.38. The van der Waals surface area contributed by atoms with Crippen molar-refractivity contribution < 1.29 is 19.0 Å². The molecule has 2 N–H and O–H groups in total. The van der Waals surface area contributed by atoms with E-state index >= 15 is 0 Å². The van der Waals surface area contributed by atoms with Gasteiger partial charge in [-0.1, -0.05) is 0 Å². The number of carbonyl (C=O) groups excluding carboxylic acids is 1. The van der Waals surface area contributed by atoms with Crippen molar-refractivity contribution in [3.63, 3.8) is 0 Å². The number of rotatable bonds is 8. The van der Waals surface area contributed by atoms with E-state index in [0.717, 1.165) is 15.9 Å². The number of halogens is 1. The van der Waals surface area contributed by atoms with E-state index in [4.69, 9.17) is 14.2 Å². The number of nitrogens with zero attached hydrogens (tertiary/aromatic N) is 1. The molecule has 0 saturated carbocycles. The number of hydrogen-bond acceptors (Lipinski definition) is 6. The molecule has 0 aliphatic rings. The van der Waals surface area contributed by atoms with Gasteiger partial charge in [-0.3, -0.25) is 4.79 Å². The second-order valence-electron chi connectivity index (χ2n) is 5.10. The van der Waals surface area contributed by atoms with Gasteiger partial charge in [0, 0.05) is 17.3 Å². The molecular formula is C18H20BrN3O4. The lowest BCUT2D eigenvalue weighted by atomic mass is 10.2. The fourth-order valence-electron chi connectivity index (χ4n) is 2.09. The van der Waals surface area contributed by atoms with Gasteiger partial charge in [-0.15, -0.1) is 0 Å². The summed E-state index contributed by atoms with van der Waals surface area (Å²) in [5, 5.41) is 6.96. The fourth-order valence-corrected chi connectivity index (χ4v) is 2.61. The molecule has 0 radical (unpaired) electrons. The second-order valence-corrected chi connectivity index (χ2v) is 5.96. The molecule has 0 aliphatic carbocycles. The second kappa shape index (κ2) is 9.67. The van der Waals surface area contributed by atoms with Crippen LogP contribution in [0.4, 0.5) is 5.69 Å². The molecule has 1 amide bonds. The maximum atomic E-state index is 11.9. The van der Waals surface area contributed by atoms with Crippen molar-refractivity contribution in [2.24, 2.45) is 5.10 Å². The standard InChI is InChI=1S/C18H20BrN3O4/c1-24-14-6-4-13(5-7-14)20-11-18(23)22-21-10-12-8-15(19)17(26-3)9-16(12)25-2/h4-10,20H,11H2,1-3H3,(H,22,23). The Balaban J connectivity index is 1.91. The summed E-state index contributed by atoms with van der Waals surface area (Å²) in [6.45, 7) is 0.0904. The minimum Gasteiger partial charge on any atom is -0.497 e. The van der Waals surface area contributed by atoms with Crippen LogP contribution < -0.4 is 25.0 Å². The maximum Gasteiger partial charge on any atom is 0.259 e. The number of ether oxygens (including phenoxy) is 3. The molecule has 0 heterocycles. The Hall–Kier alpha value is -2.74. The summed E-state index contributed by atoms with van der Waals surface area (Å²) in [5.41, 5.74) is 3.97. The number of benzene rings is 2. The van der Waals surface area contributed by atoms with Crippen LogP contribution in [0.2, 0.25) is 0 Å². The van der Waals surface area contributed by atoms with Gasteiger partial charge in [0.05, 0.1) is 38.6 Å². The predicted molar refractivity (Wildman–Crippen MR) is 104 cm³/mol. The van der Waals surface area contributed by atoms with Crippen LogP contribution in [-0.2, 0) is 4.79 Å². The van der Waals surface area contributed by atoms with Crippen molar-refractivity contribution in [2.45, 2.75) is 0 Å². The molecule has 2 aromatic carbocycles. The Morgan fingerprint density at radius 3 is 2.38 bits per heavy atom. The van der Waals surface area contributed by atoms with Crippen LogP contribution >= 0.6 is 15.9 Å². The highest BCUT2D eigenvalue weighted by Gasteiger charge is 2.08. The van der Waals surface area contributed by atoms with E-state index in [2.05, 4.69) is 31.8 Å². The first-order chi connectivity index (χ1) is 12.6. The summed E-state index contributed by atoms with van der Waals surface area (Å²) in [5.74, 6) is 1.71. The summed E-state index contributed by atoms with van der Waals surface area (Å²) >= 11 is 3.40. The van der Waals surface area contributed by atoms with Crippen molar-refractivity contribution in [1.82, 2.24) is 5.43 Å². The van der Waals surface area contributed by atoms with Crippen LogP contribution in [0, 0.1) is 0 Å². The number of carbonyl (C=O) groups is 1. The van der Waals surface area contributed by atoms with E-state index in [9.17, 15) is 4.79 Å². The molecule has 2 rings (SSSR count). The topological polar surface area (TPSA) is 81.2 Å². The number of anilines is 1. The SMILES string of the molecule is COc1ccc(NCC(=O)NN=Cc2cc(Br)c(OC)cc2OC)cc1. The van der Waals surface area contributed by atoms with Crippen LogP contribution in [0.25, 0.3) is 0 Å². The zero-order valence-electron chi connectivity index (χ0n) is 14.7. The van der Waals surface area contributed by atoms with Gasteiger partial charge in [-0.05, 0) is 46.3 Å². The minimum atomic E-state index is -0.274. The predicted octanol–water partition coefficient (Wildman–Crippen LogP) is 3.04. The molecule has 0 fully saturated rings. The molecule has 0 saturated heterocycles. The zero-order valence-corrected chi connectivity index (χ0v) is 16.3. The summed E-state index contributed by atoms with van der Waals surface area (Å²) in [4.78, 5) is 11.9. The summed E-state index contributed by atoms with van der Waals surface area (Å²) < 4.78 is 16.4. The molecule has 0 spiro atoms. The van der Waals surface area contributed by atoms with E-state index in [1.54, 1.807) is 33.5 Å². The first-order valence-electron chi connectivity index (χ1n) is 7.68. The normalized spacial score (nSPS) is 10.5. The van der Waals surface area contributed by atoms with Crippen molar-refractivity contribution in [2.75, 3.05) is 33.2 Å². The molecule has 26 heavy (non-hydrogen) atoms. The van der Waals surface area contributed by atoms with Crippen LogP contribution in [0.3, 0.4) is 0 Å². The Kier molecular flexibility index (Phi) is 7.28. The van der Waals surface area contributed by atoms with Crippen molar-refractivity contribution in [3.8, 4) is 17.2 Å². The largest absolute Gasteiger partial charge is 0.497 e. The summed E-state index contributed by atoms with van der Waals surface area (Å²) in [6.07, 6.45) is 1.51. The molecule has 2 aromatic rings. The van der Waals surface area contributed by atoms with Crippen LogP contribution in [0.1, 0.15) is 5.56 Å². The van der Waals surface area contributed by atoms with Gasteiger partial charge in [0.2, 0.25) is 0 Å². The van der Waals surface area contributed by atoms with E-state index in [1.165, 1.54) is 6.21 Å². The third-order valence-electron chi connectivity index (χ3n) is 3.44. The van der Waals surface area contributed by atoms with Gasteiger partial charge in [0.15, 0.2) is 0 Å². The Labute approximate surface area is 160 Å². The van der Waals surface area contributed by atoms with E-state index in [0.29, 0.717) is 17.1 Å². The number of hydrazone groups is 1. The number of nitrogens with one attached hydrogen (secondary N) is 2. The Morgan fingerprint density at radius 2 is 1.77 bits per heavy atom. The van der Waals surface area contributed by atoms with E-state index in [1.807, 2.05) is 24.3 Å². The van der Waals surface area contributed by atoms with Gasteiger partial charge in [0.1, 0.15) is 17.2 Å². The molecule has 0 atom stereocenters. The molecule has 0 unspecified atom stereocenters. The quantitative estimate of drug-likeness (QED) is 0.505. The van der Waals surface area contributed by atoms with Gasteiger partial charge in [0.25, 0.3) is 5.91 Å². The minimum absolute atomic E-state index is 0.0904. The monoisotopic (exact) mass is 421 g/mol. The van der Waals surface area contributed by atoms with Crippen molar-refractivity contribution >= 4 is 33.7 Å². The first-order valence-corrected chi connectivity index (χ1v) is 8.48. The number of hydrogen-bond donors (Lipinski definition) is 2. The van der Waals surface area contributed by atoms with Crippen LogP contribution in [0.5, 0.6) is 17.2 Å². The van der Waals surface area contributed by atoms with Gasteiger partial charge in [-0.2, -0.15) is 5.10 Å². The smallest absolute Gasteiger partial charge is 0.259 e. The zero-order chi connectivity index (χ0) is 18.9. The molecule has 0 aromatic heterocycles. The lowest BCUT2D eigenvalue weighted by Gasteiger charge is -2.09.